The lowest BCUT2D eigenvalue weighted by atomic mass is 9.79. The van der Waals surface area contributed by atoms with Crippen LogP contribution in [0.1, 0.15) is 53.2 Å². The third-order valence-corrected chi connectivity index (χ3v) is 5.82. The van der Waals surface area contributed by atoms with Crippen molar-refractivity contribution >= 4 is 5.91 Å². The van der Waals surface area contributed by atoms with Crippen molar-refractivity contribution in [2.75, 3.05) is 6.54 Å². The first-order valence-corrected chi connectivity index (χ1v) is 10.00. The third kappa shape index (κ3) is 3.98. The molecule has 144 valence electrons. The van der Waals surface area contributed by atoms with Gasteiger partial charge in [-0.1, -0.05) is 18.2 Å². The fourth-order valence-electron chi connectivity index (χ4n) is 4.18. The first kappa shape index (κ1) is 18.4. The molecule has 2 N–H and O–H groups in total. The molecule has 0 atom stereocenters. The van der Waals surface area contributed by atoms with E-state index in [4.69, 9.17) is 0 Å². The molecule has 1 aliphatic carbocycles. The van der Waals surface area contributed by atoms with E-state index in [0.29, 0.717) is 11.8 Å². The lowest BCUT2D eigenvalue weighted by Gasteiger charge is -2.28. The second-order valence-electron chi connectivity index (χ2n) is 7.68. The number of aromatic nitrogens is 3. The second-order valence-corrected chi connectivity index (χ2v) is 7.68. The van der Waals surface area contributed by atoms with Crippen LogP contribution in [0.15, 0.2) is 55.0 Å². The van der Waals surface area contributed by atoms with E-state index < -0.39 is 0 Å². The maximum atomic E-state index is 12.2. The molecule has 1 saturated carbocycles. The number of pyridine rings is 1. The minimum absolute atomic E-state index is 0.0201. The van der Waals surface area contributed by atoms with Crippen molar-refractivity contribution in [1.29, 1.82) is 0 Å². The Morgan fingerprint density at radius 3 is 2.61 bits per heavy atom. The summed E-state index contributed by atoms with van der Waals surface area (Å²) in [5, 5.41) is 10.7. The largest absolute Gasteiger partial charge is 0.352 e. The highest BCUT2D eigenvalue weighted by Gasteiger charge is 2.26. The molecule has 28 heavy (non-hydrogen) atoms. The maximum absolute atomic E-state index is 12.2. The van der Waals surface area contributed by atoms with Gasteiger partial charge in [0.15, 0.2) is 0 Å². The minimum atomic E-state index is 0.0201. The highest BCUT2D eigenvalue weighted by atomic mass is 16.1. The number of H-pyrrole nitrogens is 1. The van der Waals surface area contributed by atoms with Gasteiger partial charge in [-0.2, -0.15) is 5.10 Å². The Kier molecular flexibility index (Phi) is 5.51. The summed E-state index contributed by atoms with van der Waals surface area (Å²) in [6, 6.07) is 11.5. The van der Waals surface area contributed by atoms with Gasteiger partial charge in [0.2, 0.25) is 0 Å². The van der Waals surface area contributed by atoms with Crippen LogP contribution in [0, 0.1) is 12.8 Å². The molecule has 1 aliphatic rings. The van der Waals surface area contributed by atoms with Gasteiger partial charge in [-0.05, 0) is 67.9 Å². The van der Waals surface area contributed by atoms with Crippen molar-refractivity contribution in [2.45, 2.75) is 38.5 Å². The van der Waals surface area contributed by atoms with E-state index in [1.54, 1.807) is 0 Å². The number of nitrogens with zero attached hydrogens (tertiary/aromatic N) is 2. The van der Waals surface area contributed by atoms with E-state index in [-0.39, 0.29) is 5.91 Å². The molecule has 1 fully saturated rings. The molecular formula is C23H26N4O. The van der Waals surface area contributed by atoms with Crippen LogP contribution in [0.4, 0.5) is 0 Å². The summed E-state index contributed by atoms with van der Waals surface area (Å²) >= 11 is 0. The van der Waals surface area contributed by atoms with Gasteiger partial charge in [0, 0.05) is 41.7 Å². The fraction of sp³-hybridized carbons (Fsp3) is 0.348. The molecule has 0 spiro atoms. The zero-order valence-electron chi connectivity index (χ0n) is 16.2. The standard InChI is InChI=1S/C23H26N4O/c1-16-13-24-12-11-20(16)21-15-26-27-22(21)18-9-7-17(8-10-18)14-25-23(28)19-5-3-2-4-6-19/h2-6,11-13,15,17-18H,7-10,14H2,1H3,(H,25,28)(H,26,27). The molecule has 4 rings (SSSR count). The number of rotatable bonds is 5. The van der Waals surface area contributed by atoms with Crippen LogP contribution in [0.25, 0.3) is 11.1 Å². The molecule has 1 amide bonds. The van der Waals surface area contributed by atoms with Crippen LogP contribution < -0.4 is 5.32 Å². The molecule has 5 heteroatoms. The lowest BCUT2D eigenvalue weighted by molar-refractivity contribution is 0.0943. The van der Waals surface area contributed by atoms with Crippen LogP contribution in [-0.4, -0.2) is 27.6 Å². The average Bonchev–Trinajstić information content (AvgIpc) is 3.23. The molecule has 0 saturated heterocycles. The van der Waals surface area contributed by atoms with Gasteiger partial charge in [0.1, 0.15) is 0 Å². The summed E-state index contributed by atoms with van der Waals surface area (Å²) in [6.45, 7) is 2.84. The van der Waals surface area contributed by atoms with E-state index >= 15 is 0 Å². The summed E-state index contributed by atoms with van der Waals surface area (Å²) in [6.07, 6.45) is 10.1. The van der Waals surface area contributed by atoms with E-state index in [1.807, 2.05) is 48.9 Å². The van der Waals surface area contributed by atoms with Gasteiger partial charge in [-0.3, -0.25) is 14.9 Å². The van der Waals surface area contributed by atoms with Crippen molar-refractivity contribution in [1.82, 2.24) is 20.5 Å². The van der Waals surface area contributed by atoms with Crippen LogP contribution in [0.5, 0.6) is 0 Å². The predicted molar refractivity (Wildman–Crippen MR) is 110 cm³/mol. The summed E-state index contributed by atoms with van der Waals surface area (Å²) in [5.74, 6) is 1.05. The molecular weight excluding hydrogens is 348 g/mol. The molecule has 3 aromatic rings. The number of aryl methyl sites for hydroxylation is 1. The number of hydrogen-bond donors (Lipinski definition) is 2. The number of aromatic amines is 1. The SMILES string of the molecule is Cc1cnccc1-c1cn[nH]c1C1CCC(CNC(=O)c2ccccc2)CC1. The van der Waals surface area contributed by atoms with Crippen LogP contribution in [-0.2, 0) is 0 Å². The molecule has 2 heterocycles. The van der Waals surface area contributed by atoms with Crippen LogP contribution >= 0.6 is 0 Å². The molecule has 0 radical (unpaired) electrons. The first-order valence-electron chi connectivity index (χ1n) is 10.00. The van der Waals surface area contributed by atoms with Crippen molar-refractivity contribution in [2.24, 2.45) is 5.92 Å². The Balaban J connectivity index is 1.35. The lowest BCUT2D eigenvalue weighted by Crippen LogP contribution is -2.31. The number of hydrogen-bond acceptors (Lipinski definition) is 3. The zero-order valence-corrected chi connectivity index (χ0v) is 16.2. The zero-order chi connectivity index (χ0) is 19.3. The monoisotopic (exact) mass is 374 g/mol. The highest BCUT2D eigenvalue weighted by molar-refractivity contribution is 5.94. The summed E-state index contributed by atoms with van der Waals surface area (Å²) in [4.78, 5) is 16.4. The maximum Gasteiger partial charge on any atom is 0.251 e. The van der Waals surface area contributed by atoms with E-state index in [0.717, 1.165) is 37.8 Å². The number of carbonyl (C=O) groups excluding carboxylic acids is 1. The first-order chi connectivity index (χ1) is 13.7. The highest BCUT2D eigenvalue weighted by Crippen LogP contribution is 2.39. The molecule has 0 aliphatic heterocycles. The Bertz CT molecular complexity index is 927. The summed E-state index contributed by atoms with van der Waals surface area (Å²) in [7, 11) is 0. The molecule has 0 bridgehead atoms. The summed E-state index contributed by atoms with van der Waals surface area (Å²) < 4.78 is 0. The van der Waals surface area contributed by atoms with Gasteiger partial charge in [-0.15, -0.1) is 0 Å². The van der Waals surface area contributed by atoms with Gasteiger partial charge < -0.3 is 5.32 Å². The van der Waals surface area contributed by atoms with Gasteiger partial charge in [0.25, 0.3) is 5.91 Å². The molecule has 5 nitrogen and oxygen atoms in total. The Hall–Kier alpha value is -2.95. The molecule has 0 unspecified atom stereocenters. The quantitative estimate of drug-likeness (QED) is 0.691. The fourth-order valence-corrected chi connectivity index (χ4v) is 4.18. The van der Waals surface area contributed by atoms with Gasteiger partial charge in [-0.25, -0.2) is 0 Å². The second kappa shape index (κ2) is 8.38. The van der Waals surface area contributed by atoms with E-state index in [1.165, 1.54) is 22.4 Å². The summed E-state index contributed by atoms with van der Waals surface area (Å²) in [5.41, 5.74) is 5.53. The molecule has 2 aromatic heterocycles. The van der Waals surface area contributed by atoms with Crippen LogP contribution in [0.2, 0.25) is 0 Å². The van der Waals surface area contributed by atoms with Crippen molar-refractivity contribution in [3.8, 4) is 11.1 Å². The normalized spacial score (nSPS) is 19.3. The number of benzene rings is 1. The number of carbonyl (C=O) groups is 1. The number of amides is 1. The number of nitrogens with one attached hydrogen (secondary N) is 2. The van der Waals surface area contributed by atoms with Crippen molar-refractivity contribution in [3.05, 3.63) is 71.8 Å². The van der Waals surface area contributed by atoms with Crippen molar-refractivity contribution in [3.63, 3.8) is 0 Å². The van der Waals surface area contributed by atoms with Gasteiger partial charge >= 0.3 is 0 Å². The van der Waals surface area contributed by atoms with Gasteiger partial charge in [0.05, 0.1) is 6.20 Å². The average molecular weight is 374 g/mol. The Labute approximate surface area is 165 Å². The minimum Gasteiger partial charge on any atom is -0.352 e. The van der Waals surface area contributed by atoms with Crippen molar-refractivity contribution < 1.29 is 4.79 Å². The Morgan fingerprint density at radius 1 is 1.07 bits per heavy atom. The Morgan fingerprint density at radius 2 is 1.86 bits per heavy atom. The third-order valence-electron chi connectivity index (χ3n) is 5.82. The predicted octanol–water partition coefficient (Wildman–Crippen LogP) is 4.48. The van der Waals surface area contributed by atoms with E-state index in [9.17, 15) is 4.79 Å². The topological polar surface area (TPSA) is 70.7 Å². The van der Waals surface area contributed by atoms with Crippen LogP contribution in [0.3, 0.4) is 0 Å². The smallest absolute Gasteiger partial charge is 0.251 e. The van der Waals surface area contributed by atoms with E-state index in [2.05, 4.69) is 33.5 Å². The molecule has 1 aromatic carbocycles.